The molecule has 6 nitrogen and oxygen atoms in total. The Hall–Kier alpha value is -1.95. The van der Waals surface area contributed by atoms with Crippen LogP contribution in [-0.2, 0) is 6.42 Å². The van der Waals surface area contributed by atoms with Crippen molar-refractivity contribution in [1.29, 1.82) is 0 Å². The van der Waals surface area contributed by atoms with E-state index in [1.54, 1.807) is 0 Å². The van der Waals surface area contributed by atoms with Crippen LogP contribution in [0.15, 0.2) is 18.5 Å². The number of piperazine rings is 1. The molecule has 2 aromatic heterocycles. The maximum atomic E-state index is 4.68. The number of nitrogens with zero attached hydrogens (tertiary/aromatic N) is 5. The van der Waals surface area contributed by atoms with Crippen LogP contribution in [-0.4, -0.2) is 51.5 Å². The highest BCUT2D eigenvalue weighted by Gasteiger charge is 2.28. The van der Waals surface area contributed by atoms with E-state index in [4.69, 9.17) is 0 Å². The van der Waals surface area contributed by atoms with Gasteiger partial charge < -0.3 is 9.88 Å². The molecule has 0 bridgehead atoms. The van der Waals surface area contributed by atoms with Crippen molar-refractivity contribution in [2.75, 3.05) is 31.6 Å². The largest absolute Gasteiger partial charge is 0.353 e. The minimum atomic E-state index is 0.272. The molecule has 3 rings (SSSR count). The first-order chi connectivity index (χ1) is 10.2. The van der Waals surface area contributed by atoms with Crippen LogP contribution in [0.25, 0.3) is 0 Å². The number of aromatic amines is 1. The van der Waals surface area contributed by atoms with Gasteiger partial charge in [-0.15, -0.1) is 0 Å². The Morgan fingerprint density at radius 2 is 2.19 bits per heavy atom. The van der Waals surface area contributed by atoms with Gasteiger partial charge in [0.1, 0.15) is 17.5 Å². The average molecular weight is 286 g/mol. The Kier molecular flexibility index (Phi) is 3.88. The summed E-state index contributed by atoms with van der Waals surface area (Å²) < 4.78 is 0. The molecule has 0 aromatic carbocycles. The molecule has 112 valence electrons. The number of H-pyrrole nitrogens is 1. The standard InChI is InChI=1S/C15H22N6/c1-4-13-18-11(2)9-14(19-13)21-8-7-20(3)12(10-21)15-16-5-6-17-15/h5-6,9,12H,4,7-8,10H2,1-3H3,(H,16,17). The first-order valence-corrected chi connectivity index (χ1v) is 7.46. The zero-order chi connectivity index (χ0) is 14.8. The van der Waals surface area contributed by atoms with Gasteiger partial charge in [-0.3, -0.25) is 4.90 Å². The maximum Gasteiger partial charge on any atom is 0.132 e. The lowest BCUT2D eigenvalue weighted by Gasteiger charge is -2.39. The predicted molar refractivity (Wildman–Crippen MR) is 82.3 cm³/mol. The third-order valence-corrected chi connectivity index (χ3v) is 4.01. The Labute approximate surface area is 125 Å². The first-order valence-electron chi connectivity index (χ1n) is 7.46. The maximum absolute atomic E-state index is 4.68. The molecule has 1 unspecified atom stereocenters. The van der Waals surface area contributed by atoms with E-state index in [0.717, 1.165) is 49.2 Å². The van der Waals surface area contributed by atoms with E-state index >= 15 is 0 Å². The van der Waals surface area contributed by atoms with E-state index in [1.807, 2.05) is 19.3 Å². The second-order valence-electron chi connectivity index (χ2n) is 5.55. The fourth-order valence-electron chi connectivity index (χ4n) is 2.77. The predicted octanol–water partition coefficient (Wildman–Crippen LogP) is 1.56. The van der Waals surface area contributed by atoms with Crippen molar-refractivity contribution >= 4 is 5.82 Å². The van der Waals surface area contributed by atoms with Crippen molar-refractivity contribution in [3.8, 4) is 0 Å². The zero-order valence-corrected chi connectivity index (χ0v) is 12.9. The Bertz CT molecular complexity index is 594. The average Bonchev–Trinajstić information content (AvgIpc) is 3.01. The molecule has 0 amide bonds. The lowest BCUT2D eigenvalue weighted by molar-refractivity contribution is 0.213. The van der Waals surface area contributed by atoms with Crippen molar-refractivity contribution in [2.45, 2.75) is 26.3 Å². The third-order valence-electron chi connectivity index (χ3n) is 4.01. The second-order valence-corrected chi connectivity index (χ2v) is 5.55. The normalized spacial score (nSPS) is 20.0. The van der Waals surface area contributed by atoms with E-state index in [9.17, 15) is 0 Å². The molecule has 21 heavy (non-hydrogen) atoms. The summed E-state index contributed by atoms with van der Waals surface area (Å²) in [5, 5.41) is 0. The molecule has 1 atom stereocenters. The van der Waals surface area contributed by atoms with E-state index in [1.165, 1.54) is 0 Å². The number of aryl methyl sites for hydroxylation is 2. The Morgan fingerprint density at radius 1 is 1.33 bits per heavy atom. The number of likely N-dealkylation sites (N-methyl/N-ethyl adjacent to an activating group) is 1. The van der Waals surface area contributed by atoms with Gasteiger partial charge in [0.2, 0.25) is 0 Å². The molecule has 2 aromatic rings. The molecule has 6 heteroatoms. The van der Waals surface area contributed by atoms with Gasteiger partial charge in [0.25, 0.3) is 0 Å². The van der Waals surface area contributed by atoms with Crippen LogP contribution in [0.3, 0.4) is 0 Å². The minimum absolute atomic E-state index is 0.272. The molecule has 1 aliphatic heterocycles. The summed E-state index contributed by atoms with van der Waals surface area (Å²) >= 11 is 0. The topological polar surface area (TPSA) is 60.9 Å². The monoisotopic (exact) mass is 286 g/mol. The highest BCUT2D eigenvalue weighted by Crippen LogP contribution is 2.24. The van der Waals surface area contributed by atoms with Gasteiger partial charge in [0, 0.05) is 50.2 Å². The number of nitrogens with one attached hydrogen (secondary N) is 1. The van der Waals surface area contributed by atoms with E-state index in [-0.39, 0.29) is 6.04 Å². The van der Waals surface area contributed by atoms with Gasteiger partial charge in [-0.2, -0.15) is 0 Å². The molecule has 0 radical (unpaired) electrons. The minimum Gasteiger partial charge on any atom is -0.353 e. The first kappa shape index (κ1) is 14.0. The third kappa shape index (κ3) is 2.90. The zero-order valence-electron chi connectivity index (χ0n) is 12.9. The van der Waals surface area contributed by atoms with Gasteiger partial charge in [-0.1, -0.05) is 6.92 Å². The van der Waals surface area contributed by atoms with Gasteiger partial charge in [-0.25, -0.2) is 15.0 Å². The van der Waals surface area contributed by atoms with Gasteiger partial charge in [0.05, 0.1) is 6.04 Å². The summed E-state index contributed by atoms with van der Waals surface area (Å²) in [7, 11) is 2.15. The van der Waals surface area contributed by atoms with E-state index < -0.39 is 0 Å². The fraction of sp³-hybridized carbons (Fsp3) is 0.533. The molecule has 1 N–H and O–H groups in total. The number of aromatic nitrogens is 4. The van der Waals surface area contributed by atoms with E-state index in [0.29, 0.717) is 0 Å². The lowest BCUT2D eigenvalue weighted by Crippen LogP contribution is -2.47. The van der Waals surface area contributed by atoms with Crippen LogP contribution in [0.5, 0.6) is 0 Å². The molecule has 0 aliphatic carbocycles. The van der Waals surface area contributed by atoms with Crippen LogP contribution >= 0.6 is 0 Å². The number of rotatable bonds is 3. The van der Waals surface area contributed by atoms with Gasteiger partial charge in [-0.05, 0) is 14.0 Å². The van der Waals surface area contributed by atoms with Crippen molar-refractivity contribution in [1.82, 2.24) is 24.8 Å². The molecular weight excluding hydrogens is 264 g/mol. The molecule has 0 saturated carbocycles. The fourth-order valence-corrected chi connectivity index (χ4v) is 2.77. The number of hydrogen-bond acceptors (Lipinski definition) is 5. The summed E-state index contributed by atoms with van der Waals surface area (Å²) in [4.78, 5) is 21.5. The number of imidazole rings is 1. The molecule has 0 spiro atoms. The molecule has 1 aliphatic rings. The highest BCUT2D eigenvalue weighted by molar-refractivity contribution is 5.41. The summed E-state index contributed by atoms with van der Waals surface area (Å²) in [6, 6.07) is 2.35. The molecular formula is C15H22N6. The quantitative estimate of drug-likeness (QED) is 0.928. The molecule has 1 fully saturated rings. The smallest absolute Gasteiger partial charge is 0.132 e. The van der Waals surface area contributed by atoms with Gasteiger partial charge >= 0.3 is 0 Å². The summed E-state index contributed by atoms with van der Waals surface area (Å²) in [6.07, 6.45) is 4.56. The van der Waals surface area contributed by atoms with Gasteiger partial charge in [0.15, 0.2) is 0 Å². The molecule has 1 saturated heterocycles. The van der Waals surface area contributed by atoms with Crippen molar-refractivity contribution < 1.29 is 0 Å². The van der Waals surface area contributed by atoms with E-state index in [2.05, 4.69) is 49.8 Å². The van der Waals surface area contributed by atoms with Crippen molar-refractivity contribution in [2.24, 2.45) is 0 Å². The number of anilines is 1. The van der Waals surface area contributed by atoms with Crippen LogP contribution in [0.4, 0.5) is 5.82 Å². The summed E-state index contributed by atoms with van der Waals surface area (Å²) in [5.41, 5.74) is 1.03. The summed E-state index contributed by atoms with van der Waals surface area (Å²) in [5.74, 6) is 2.96. The van der Waals surface area contributed by atoms with Crippen LogP contribution in [0.1, 0.15) is 30.3 Å². The van der Waals surface area contributed by atoms with Crippen LogP contribution < -0.4 is 4.90 Å². The van der Waals surface area contributed by atoms with Crippen molar-refractivity contribution in [3.05, 3.63) is 35.8 Å². The lowest BCUT2D eigenvalue weighted by atomic mass is 10.1. The molecule has 3 heterocycles. The summed E-state index contributed by atoms with van der Waals surface area (Å²) in [6.45, 7) is 6.99. The Balaban J connectivity index is 1.85. The van der Waals surface area contributed by atoms with Crippen LogP contribution in [0.2, 0.25) is 0 Å². The van der Waals surface area contributed by atoms with Crippen LogP contribution in [0, 0.1) is 6.92 Å². The Morgan fingerprint density at radius 3 is 2.90 bits per heavy atom. The number of hydrogen-bond donors (Lipinski definition) is 1. The SMILES string of the molecule is CCc1nc(C)cc(N2CCN(C)C(c3ncc[nH]3)C2)n1. The van der Waals surface area contributed by atoms with Crippen molar-refractivity contribution in [3.63, 3.8) is 0 Å². The second kappa shape index (κ2) is 5.81. The highest BCUT2D eigenvalue weighted by atomic mass is 15.3.